The van der Waals surface area contributed by atoms with Crippen LogP contribution in [0.2, 0.25) is 0 Å². The van der Waals surface area contributed by atoms with Crippen molar-refractivity contribution in [1.82, 2.24) is 15.8 Å². The van der Waals surface area contributed by atoms with Gasteiger partial charge in [0.05, 0.1) is 0 Å². The predicted octanol–water partition coefficient (Wildman–Crippen LogP) is 2.29. The molecule has 0 aromatic carbocycles. The van der Waals surface area contributed by atoms with Crippen LogP contribution in [-0.4, -0.2) is 31.2 Å². The van der Waals surface area contributed by atoms with E-state index in [-0.39, 0.29) is 5.41 Å². The van der Waals surface area contributed by atoms with Crippen LogP contribution >= 0.6 is 0 Å². The van der Waals surface area contributed by atoms with Crippen molar-refractivity contribution in [3.8, 4) is 0 Å². The van der Waals surface area contributed by atoms with Crippen molar-refractivity contribution in [1.29, 1.82) is 0 Å². The molecule has 0 aromatic rings. The molecule has 2 atom stereocenters. The van der Waals surface area contributed by atoms with Crippen molar-refractivity contribution in [2.75, 3.05) is 20.1 Å². The van der Waals surface area contributed by atoms with Crippen molar-refractivity contribution in [3.05, 3.63) is 24.4 Å². The van der Waals surface area contributed by atoms with Gasteiger partial charge in [-0.3, -0.25) is 5.43 Å². The molecule has 0 fully saturated rings. The van der Waals surface area contributed by atoms with Gasteiger partial charge in [0.25, 0.3) is 0 Å². The molecule has 0 radical (unpaired) electrons. The lowest BCUT2D eigenvalue weighted by molar-refractivity contribution is 0.0767. The van der Waals surface area contributed by atoms with Crippen LogP contribution in [0.25, 0.3) is 0 Å². The number of hydrogen-bond donors (Lipinski definition) is 2. The molecule has 102 valence electrons. The molecule has 0 amide bonds. The van der Waals surface area contributed by atoms with Crippen molar-refractivity contribution >= 4 is 0 Å². The van der Waals surface area contributed by atoms with Crippen LogP contribution in [0.5, 0.6) is 0 Å². The molecular formula is C15H27N3. The molecule has 1 aliphatic carbocycles. The second-order valence-corrected chi connectivity index (χ2v) is 6.15. The summed E-state index contributed by atoms with van der Waals surface area (Å²) in [6.07, 6.45) is 12.7. The minimum absolute atomic E-state index is 0.268. The minimum atomic E-state index is 0.268. The van der Waals surface area contributed by atoms with Crippen LogP contribution < -0.4 is 10.7 Å². The Bertz CT molecular complexity index is 320. The Hall–Kier alpha value is -0.800. The van der Waals surface area contributed by atoms with Crippen LogP contribution in [0.4, 0.5) is 0 Å². The molecular weight excluding hydrogens is 222 g/mol. The van der Waals surface area contributed by atoms with Gasteiger partial charge in [0.2, 0.25) is 0 Å². The zero-order valence-electron chi connectivity index (χ0n) is 11.9. The molecule has 3 heteroatoms. The molecule has 0 aromatic heterocycles. The number of hydrogen-bond acceptors (Lipinski definition) is 3. The molecule has 1 heterocycles. The van der Waals surface area contributed by atoms with Gasteiger partial charge in [-0.25, -0.2) is 5.01 Å². The maximum Gasteiger partial charge on any atom is 0.0328 e. The average molecular weight is 249 g/mol. The van der Waals surface area contributed by atoms with Crippen molar-refractivity contribution < 1.29 is 0 Å². The third-order valence-corrected chi connectivity index (χ3v) is 4.23. The van der Waals surface area contributed by atoms with E-state index in [1.165, 1.54) is 19.3 Å². The first kappa shape index (κ1) is 13.6. The van der Waals surface area contributed by atoms with E-state index in [1.54, 1.807) is 0 Å². The first-order chi connectivity index (χ1) is 8.59. The van der Waals surface area contributed by atoms with Crippen molar-refractivity contribution in [2.24, 2.45) is 11.3 Å². The van der Waals surface area contributed by atoms with Gasteiger partial charge in [0, 0.05) is 26.2 Å². The number of rotatable bonds is 4. The summed E-state index contributed by atoms with van der Waals surface area (Å²) in [5.41, 5.74) is 3.87. The van der Waals surface area contributed by atoms with Gasteiger partial charge in [-0.2, -0.15) is 0 Å². The highest BCUT2D eigenvalue weighted by atomic mass is 15.5. The van der Waals surface area contributed by atoms with Gasteiger partial charge in [-0.15, -0.1) is 0 Å². The Morgan fingerprint density at radius 1 is 1.39 bits per heavy atom. The standard InChI is InChI=1S/C15H27N3/c1-15(2)9-5-4-6-14(15)18(3)17-12-13-7-10-16-11-8-13/h5,7,9-10,13-14,16-17H,4,6,8,11-12H2,1-3H3/t13?,14-/m0/s1. The fourth-order valence-electron chi connectivity index (χ4n) is 3.01. The zero-order chi connectivity index (χ0) is 13.0. The van der Waals surface area contributed by atoms with E-state index in [0.717, 1.165) is 13.1 Å². The summed E-state index contributed by atoms with van der Waals surface area (Å²) in [7, 11) is 2.19. The molecule has 1 aliphatic heterocycles. The van der Waals surface area contributed by atoms with Crippen molar-refractivity contribution in [2.45, 2.75) is 39.2 Å². The summed E-state index contributed by atoms with van der Waals surface area (Å²) >= 11 is 0. The van der Waals surface area contributed by atoms with Gasteiger partial charge in [0.15, 0.2) is 0 Å². The maximum atomic E-state index is 3.60. The lowest BCUT2D eigenvalue weighted by Crippen LogP contribution is -2.51. The van der Waals surface area contributed by atoms with Gasteiger partial charge in [-0.05, 0) is 36.8 Å². The Morgan fingerprint density at radius 2 is 2.22 bits per heavy atom. The first-order valence-electron chi connectivity index (χ1n) is 7.14. The average Bonchev–Trinajstić information content (AvgIpc) is 2.37. The Kier molecular flexibility index (Phi) is 4.46. The molecule has 2 rings (SSSR count). The molecule has 0 saturated carbocycles. The lowest BCUT2D eigenvalue weighted by Gasteiger charge is -2.41. The van der Waals surface area contributed by atoms with E-state index in [9.17, 15) is 0 Å². The Labute approximate surface area is 111 Å². The highest BCUT2D eigenvalue weighted by molar-refractivity contribution is 5.06. The summed E-state index contributed by atoms with van der Waals surface area (Å²) in [5.74, 6) is 0.663. The largest absolute Gasteiger partial charge is 0.391 e. The molecule has 0 saturated heterocycles. The fraction of sp³-hybridized carbons (Fsp3) is 0.733. The normalized spacial score (nSPS) is 30.4. The molecule has 18 heavy (non-hydrogen) atoms. The topological polar surface area (TPSA) is 27.3 Å². The van der Waals surface area contributed by atoms with Gasteiger partial charge < -0.3 is 5.32 Å². The van der Waals surface area contributed by atoms with Crippen LogP contribution in [0.1, 0.15) is 33.1 Å². The summed E-state index contributed by atoms with van der Waals surface area (Å²) in [4.78, 5) is 0. The molecule has 0 bridgehead atoms. The summed E-state index contributed by atoms with van der Waals surface area (Å²) in [6.45, 7) is 6.81. The second-order valence-electron chi connectivity index (χ2n) is 6.15. The van der Waals surface area contributed by atoms with Crippen LogP contribution in [0.15, 0.2) is 24.4 Å². The van der Waals surface area contributed by atoms with Crippen LogP contribution in [0.3, 0.4) is 0 Å². The quantitative estimate of drug-likeness (QED) is 0.591. The number of nitrogens with zero attached hydrogens (tertiary/aromatic N) is 1. The maximum absolute atomic E-state index is 3.60. The lowest BCUT2D eigenvalue weighted by atomic mass is 9.78. The summed E-state index contributed by atoms with van der Waals surface area (Å²) in [6, 6.07) is 0.591. The third-order valence-electron chi connectivity index (χ3n) is 4.23. The molecule has 1 unspecified atom stereocenters. The van der Waals surface area contributed by atoms with E-state index in [4.69, 9.17) is 0 Å². The van der Waals surface area contributed by atoms with E-state index in [2.05, 4.69) is 61.1 Å². The number of allylic oxidation sites excluding steroid dienone is 1. The van der Waals surface area contributed by atoms with Crippen LogP contribution in [0, 0.1) is 11.3 Å². The fourth-order valence-corrected chi connectivity index (χ4v) is 3.01. The number of hydrazine groups is 1. The SMILES string of the molecule is CN(NCC1C=CNCC1)[C@H]1CCC=CC1(C)C. The minimum Gasteiger partial charge on any atom is -0.391 e. The Balaban J connectivity index is 1.83. The monoisotopic (exact) mass is 249 g/mol. The Morgan fingerprint density at radius 3 is 2.89 bits per heavy atom. The molecule has 3 nitrogen and oxygen atoms in total. The highest BCUT2D eigenvalue weighted by Crippen LogP contribution is 2.32. The highest BCUT2D eigenvalue weighted by Gasteiger charge is 2.32. The molecule has 2 N–H and O–H groups in total. The van der Waals surface area contributed by atoms with Gasteiger partial charge in [-0.1, -0.05) is 32.1 Å². The molecule has 2 aliphatic rings. The zero-order valence-corrected chi connectivity index (χ0v) is 11.9. The summed E-state index contributed by atoms with van der Waals surface area (Å²) < 4.78 is 0. The predicted molar refractivity (Wildman–Crippen MR) is 77.0 cm³/mol. The number of nitrogens with one attached hydrogen (secondary N) is 2. The first-order valence-corrected chi connectivity index (χ1v) is 7.14. The third kappa shape index (κ3) is 3.36. The van der Waals surface area contributed by atoms with E-state index < -0.39 is 0 Å². The second kappa shape index (κ2) is 5.89. The summed E-state index contributed by atoms with van der Waals surface area (Å²) in [5, 5.41) is 5.58. The van der Waals surface area contributed by atoms with Crippen molar-refractivity contribution in [3.63, 3.8) is 0 Å². The van der Waals surface area contributed by atoms with E-state index in [0.29, 0.717) is 12.0 Å². The van der Waals surface area contributed by atoms with Crippen LogP contribution in [-0.2, 0) is 0 Å². The van der Waals surface area contributed by atoms with Gasteiger partial charge >= 0.3 is 0 Å². The van der Waals surface area contributed by atoms with E-state index >= 15 is 0 Å². The van der Waals surface area contributed by atoms with Gasteiger partial charge in [0.1, 0.15) is 0 Å². The van der Waals surface area contributed by atoms with E-state index in [1.807, 2.05) is 0 Å². The smallest absolute Gasteiger partial charge is 0.0328 e. The molecule has 0 spiro atoms.